The summed E-state index contributed by atoms with van der Waals surface area (Å²) in [7, 11) is 0. The van der Waals surface area contributed by atoms with E-state index in [4.69, 9.17) is 37.4 Å². The van der Waals surface area contributed by atoms with Crippen LogP contribution in [0.1, 0.15) is 5.56 Å². The third kappa shape index (κ3) is 7.60. The highest BCUT2D eigenvalue weighted by atomic mass is 35.5. The predicted octanol–water partition coefficient (Wildman–Crippen LogP) is 5.21. The van der Waals surface area contributed by atoms with E-state index in [1.54, 1.807) is 24.7 Å². The number of hydrogen-bond donors (Lipinski definition) is 1. The molecule has 14 heteroatoms. The molecule has 3 aromatic carbocycles. The van der Waals surface area contributed by atoms with Crippen LogP contribution in [0.15, 0.2) is 85.5 Å². The van der Waals surface area contributed by atoms with Gasteiger partial charge in [-0.1, -0.05) is 29.3 Å². The number of nitrogens with one attached hydrogen (secondary N) is 1. The number of non-ortho nitro benzene ring substituents is 1. The van der Waals surface area contributed by atoms with Crippen molar-refractivity contribution in [2.75, 3.05) is 56.2 Å². The molecule has 0 spiro atoms. The van der Waals surface area contributed by atoms with Gasteiger partial charge in [0.25, 0.3) is 5.69 Å². The summed E-state index contributed by atoms with van der Waals surface area (Å²) in [6, 6.07) is 19.0. The highest BCUT2D eigenvalue weighted by molar-refractivity contribution is 6.35. The summed E-state index contributed by atoms with van der Waals surface area (Å²) < 4.78 is 20.7. The maximum Gasteiger partial charge on any atom is 0.269 e. The molecule has 4 aromatic rings. The number of anilines is 2. The number of carbonyl (C=O) groups excluding carboxylic acids is 1. The molecule has 2 aliphatic rings. The van der Waals surface area contributed by atoms with Crippen LogP contribution in [0.25, 0.3) is 0 Å². The Hall–Kier alpha value is -4.20. The number of rotatable bonds is 11. The molecule has 46 heavy (non-hydrogen) atoms. The Kier molecular flexibility index (Phi) is 9.71. The minimum Gasteiger partial charge on any atom is -0.491 e. The van der Waals surface area contributed by atoms with E-state index in [-0.39, 0.29) is 30.9 Å². The van der Waals surface area contributed by atoms with Crippen molar-refractivity contribution in [2.24, 2.45) is 0 Å². The minimum absolute atomic E-state index is 0.0179. The number of halogens is 2. The van der Waals surface area contributed by atoms with Gasteiger partial charge in [-0.25, -0.2) is 4.98 Å². The molecule has 3 heterocycles. The number of piperazine rings is 1. The Bertz CT molecular complexity index is 1650. The zero-order chi connectivity index (χ0) is 32.1. The molecule has 6 rings (SSSR count). The van der Waals surface area contributed by atoms with Gasteiger partial charge in [-0.2, -0.15) is 0 Å². The summed E-state index contributed by atoms with van der Waals surface area (Å²) in [5.41, 5.74) is 2.27. The Morgan fingerprint density at radius 1 is 1.07 bits per heavy atom. The number of carbonyl (C=O) groups is 1. The van der Waals surface area contributed by atoms with E-state index in [0.29, 0.717) is 40.2 Å². The second-order valence-electron chi connectivity index (χ2n) is 11.1. The van der Waals surface area contributed by atoms with E-state index >= 15 is 0 Å². The lowest BCUT2D eigenvalue weighted by Crippen LogP contribution is -2.48. The lowest BCUT2D eigenvalue weighted by molar-refractivity contribution is -0.384. The van der Waals surface area contributed by atoms with Crippen molar-refractivity contribution in [3.63, 3.8) is 0 Å². The number of nitro benzene ring substituents is 1. The number of ether oxygens (including phenoxy) is 3. The first kappa shape index (κ1) is 31.8. The Balaban J connectivity index is 0.980. The van der Waals surface area contributed by atoms with Gasteiger partial charge >= 0.3 is 0 Å². The third-order valence-electron chi connectivity index (χ3n) is 7.89. The first-order valence-electron chi connectivity index (χ1n) is 14.7. The number of nitrogens with zero attached hydrogens (tertiary/aromatic N) is 5. The van der Waals surface area contributed by atoms with E-state index in [0.717, 1.165) is 31.9 Å². The van der Waals surface area contributed by atoms with E-state index in [2.05, 4.69) is 20.1 Å². The molecule has 0 bridgehead atoms. The predicted molar refractivity (Wildman–Crippen MR) is 174 cm³/mol. The average Bonchev–Trinajstić information content (AvgIpc) is 3.71. The number of hydrogen-bond acceptors (Lipinski definition) is 9. The van der Waals surface area contributed by atoms with Crippen molar-refractivity contribution in [1.29, 1.82) is 0 Å². The second kappa shape index (κ2) is 14.1. The van der Waals surface area contributed by atoms with Crippen LogP contribution in [0.3, 0.4) is 0 Å². The van der Waals surface area contributed by atoms with E-state index in [1.165, 1.54) is 24.3 Å². The number of nitro groups is 1. The lowest BCUT2D eigenvalue weighted by atomic mass is 10.1. The van der Waals surface area contributed by atoms with Crippen molar-refractivity contribution in [3.05, 3.63) is 111 Å². The molecule has 1 aromatic heterocycles. The van der Waals surface area contributed by atoms with Gasteiger partial charge in [-0.05, 0) is 48.5 Å². The summed E-state index contributed by atoms with van der Waals surface area (Å²) in [4.78, 5) is 31.3. The van der Waals surface area contributed by atoms with Gasteiger partial charge in [0.15, 0.2) is 0 Å². The van der Waals surface area contributed by atoms with Gasteiger partial charge in [-0.15, -0.1) is 0 Å². The summed E-state index contributed by atoms with van der Waals surface area (Å²) >= 11 is 12.7. The summed E-state index contributed by atoms with van der Waals surface area (Å²) in [6.07, 6.45) is 4.90. The highest BCUT2D eigenvalue weighted by Crippen LogP contribution is 2.40. The van der Waals surface area contributed by atoms with E-state index < -0.39 is 10.7 Å². The number of benzene rings is 3. The molecule has 240 valence electrons. The van der Waals surface area contributed by atoms with Gasteiger partial charge in [0.05, 0.1) is 36.0 Å². The van der Waals surface area contributed by atoms with Crippen LogP contribution in [0.5, 0.6) is 5.75 Å². The van der Waals surface area contributed by atoms with Gasteiger partial charge in [0, 0.05) is 72.7 Å². The quantitative estimate of drug-likeness (QED) is 0.170. The summed E-state index contributed by atoms with van der Waals surface area (Å²) in [5.74, 6) is -0.561. The fraction of sp³-hybridized carbons (Fsp3) is 0.312. The SMILES string of the molecule is O=C(CN1CCN(c2ccc(OC[C@@H]3CO[C@@](Cn4ccnc4)(c4ccc(Cl)cc4Cl)O3)cc2)CC1)Nc1ccc([N+](=O)[O-])cc1. The van der Waals surface area contributed by atoms with Gasteiger partial charge in [0.2, 0.25) is 11.7 Å². The van der Waals surface area contributed by atoms with Crippen LogP contribution in [0.4, 0.5) is 17.1 Å². The van der Waals surface area contributed by atoms with Crippen LogP contribution < -0.4 is 15.0 Å². The standard InChI is InChI=1S/C32H32Cl2N6O6/c33-23-1-10-29(30(34)17-23)32(21-38-12-11-35-22-38)45-20-28(46-32)19-44-27-8-6-25(7-9-27)39-15-13-37(14-16-39)18-31(41)36-24-2-4-26(5-3-24)40(42)43/h1-12,17,22,28H,13-16,18-21H2,(H,36,41)/t28-,32-/m1/s1. The first-order valence-corrected chi connectivity index (χ1v) is 15.5. The van der Waals surface area contributed by atoms with Gasteiger partial charge in [0.1, 0.15) is 18.5 Å². The van der Waals surface area contributed by atoms with Crippen molar-refractivity contribution in [2.45, 2.75) is 18.4 Å². The van der Waals surface area contributed by atoms with Gasteiger partial charge in [-0.3, -0.25) is 19.8 Å². The lowest BCUT2D eigenvalue weighted by Gasteiger charge is -2.35. The molecular formula is C32H32Cl2N6O6. The van der Waals surface area contributed by atoms with Crippen LogP contribution >= 0.6 is 23.2 Å². The monoisotopic (exact) mass is 666 g/mol. The van der Waals surface area contributed by atoms with Crippen molar-refractivity contribution in [3.8, 4) is 5.75 Å². The van der Waals surface area contributed by atoms with Crippen LogP contribution in [-0.2, 0) is 26.6 Å². The molecule has 2 fully saturated rings. The zero-order valence-corrected chi connectivity index (χ0v) is 26.3. The largest absolute Gasteiger partial charge is 0.491 e. The topological polar surface area (TPSA) is 124 Å². The molecular weight excluding hydrogens is 635 g/mol. The summed E-state index contributed by atoms with van der Waals surface area (Å²) in [6.45, 7) is 4.20. The number of aromatic nitrogens is 2. The normalized spacial score (nSPS) is 20.0. The van der Waals surface area contributed by atoms with Crippen molar-refractivity contribution in [1.82, 2.24) is 14.5 Å². The minimum atomic E-state index is -1.12. The molecule has 0 saturated carbocycles. The molecule has 2 saturated heterocycles. The fourth-order valence-corrected chi connectivity index (χ4v) is 6.10. The molecule has 0 aliphatic carbocycles. The van der Waals surface area contributed by atoms with E-state index in [1.807, 2.05) is 41.1 Å². The molecule has 0 unspecified atom stereocenters. The number of amides is 1. The Morgan fingerprint density at radius 3 is 2.50 bits per heavy atom. The average molecular weight is 668 g/mol. The molecule has 2 atom stereocenters. The van der Waals surface area contributed by atoms with Crippen LogP contribution in [-0.4, -0.2) is 77.3 Å². The summed E-state index contributed by atoms with van der Waals surface area (Å²) in [5, 5.41) is 14.6. The van der Waals surface area contributed by atoms with E-state index in [9.17, 15) is 14.9 Å². The molecule has 0 radical (unpaired) electrons. The van der Waals surface area contributed by atoms with Crippen LogP contribution in [0.2, 0.25) is 10.0 Å². The third-order valence-corrected chi connectivity index (χ3v) is 8.44. The van der Waals surface area contributed by atoms with Crippen LogP contribution in [0, 0.1) is 10.1 Å². The highest BCUT2D eigenvalue weighted by Gasteiger charge is 2.45. The maximum absolute atomic E-state index is 12.5. The van der Waals surface area contributed by atoms with Crippen molar-refractivity contribution < 1.29 is 23.9 Å². The van der Waals surface area contributed by atoms with Gasteiger partial charge < -0.3 is 29.0 Å². The molecule has 1 amide bonds. The first-order chi connectivity index (χ1) is 22.3. The van der Waals surface area contributed by atoms with Crippen molar-refractivity contribution >= 4 is 46.2 Å². The second-order valence-corrected chi connectivity index (χ2v) is 11.9. The number of imidazole rings is 1. The maximum atomic E-state index is 12.5. The Labute approximate surface area is 275 Å². The zero-order valence-electron chi connectivity index (χ0n) is 24.8. The molecule has 2 aliphatic heterocycles. The fourth-order valence-electron chi connectivity index (χ4n) is 5.55. The molecule has 1 N–H and O–H groups in total. The molecule has 12 nitrogen and oxygen atoms in total. The smallest absolute Gasteiger partial charge is 0.269 e. The Morgan fingerprint density at radius 2 is 1.83 bits per heavy atom.